The number of benzene rings is 1. The van der Waals surface area contributed by atoms with Crippen molar-refractivity contribution in [3.8, 4) is 5.75 Å². The first kappa shape index (κ1) is 25.8. The highest BCUT2D eigenvalue weighted by molar-refractivity contribution is 5.28. The van der Waals surface area contributed by atoms with E-state index < -0.39 is 29.0 Å². The second kappa shape index (κ2) is 16.5. The minimum absolute atomic E-state index is 0.0508. The number of halogens is 4. The maximum atomic E-state index is 13.4. The van der Waals surface area contributed by atoms with Crippen LogP contribution < -0.4 is 4.74 Å². The van der Waals surface area contributed by atoms with E-state index in [0.29, 0.717) is 6.42 Å². The molecule has 0 aliphatic heterocycles. The normalized spacial score (nSPS) is 11.2. The summed E-state index contributed by atoms with van der Waals surface area (Å²) in [5.41, 5.74) is 0. The Morgan fingerprint density at radius 1 is 0.552 bits per heavy atom. The van der Waals surface area contributed by atoms with Crippen molar-refractivity contribution in [1.29, 1.82) is 0 Å². The molecule has 0 aliphatic carbocycles. The third-order valence-electron chi connectivity index (χ3n) is 5.32. The highest BCUT2D eigenvalue weighted by Crippen LogP contribution is 2.26. The SMILES string of the molecule is CCCCCCCCCCCCCCCCCCOc1c(F)c(F)cc(F)c1F. The van der Waals surface area contributed by atoms with Gasteiger partial charge in [-0.3, -0.25) is 0 Å². The Bertz CT molecular complexity index is 522. The molecule has 29 heavy (non-hydrogen) atoms. The monoisotopic (exact) mass is 418 g/mol. The summed E-state index contributed by atoms with van der Waals surface area (Å²) in [5.74, 6) is -6.78. The fraction of sp³-hybridized carbons (Fsp3) is 0.750. The molecule has 0 aliphatic rings. The van der Waals surface area contributed by atoms with Gasteiger partial charge in [-0.2, -0.15) is 8.78 Å². The van der Waals surface area contributed by atoms with E-state index in [1.807, 2.05) is 0 Å². The molecule has 1 nitrogen and oxygen atoms in total. The Labute approximate surface area is 174 Å². The number of hydrogen-bond donors (Lipinski definition) is 0. The Balaban J connectivity index is 1.90. The number of rotatable bonds is 18. The highest BCUT2D eigenvalue weighted by atomic mass is 19.2. The Morgan fingerprint density at radius 2 is 0.897 bits per heavy atom. The van der Waals surface area contributed by atoms with Crippen molar-refractivity contribution in [2.24, 2.45) is 0 Å². The molecule has 1 rings (SSSR count). The molecule has 0 aromatic heterocycles. The summed E-state index contributed by atoms with van der Waals surface area (Å²) in [4.78, 5) is 0. The molecule has 5 heteroatoms. The van der Waals surface area contributed by atoms with Gasteiger partial charge >= 0.3 is 0 Å². The molecule has 0 saturated heterocycles. The van der Waals surface area contributed by atoms with Gasteiger partial charge in [0.25, 0.3) is 0 Å². The van der Waals surface area contributed by atoms with Crippen LogP contribution >= 0.6 is 0 Å². The van der Waals surface area contributed by atoms with Crippen LogP contribution in [0.25, 0.3) is 0 Å². The van der Waals surface area contributed by atoms with Crippen LogP contribution in [0.15, 0.2) is 6.07 Å². The third-order valence-corrected chi connectivity index (χ3v) is 5.32. The second-order valence-corrected chi connectivity index (χ2v) is 7.95. The largest absolute Gasteiger partial charge is 0.487 e. The van der Waals surface area contributed by atoms with Gasteiger partial charge in [0.1, 0.15) is 0 Å². The van der Waals surface area contributed by atoms with E-state index in [-0.39, 0.29) is 12.7 Å². The smallest absolute Gasteiger partial charge is 0.203 e. The first-order valence-corrected chi connectivity index (χ1v) is 11.5. The van der Waals surface area contributed by atoms with E-state index in [1.165, 1.54) is 77.0 Å². The molecular formula is C24H38F4O. The summed E-state index contributed by atoms with van der Waals surface area (Å²) < 4.78 is 58.0. The lowest BCUT2D eigenvalue weighted by Crippen LogP contribution is -2.05. The van der Waals surface area contributed by atoms with E-state index in [4.69, 9.17) is 4.74 Å². The maximum Gasteiger partial charge on any atom is 0.203 e. The predicted octanol–water partition coefficient (Wildman–Crippen LogP) is 8.88. The van der Waals surface area contributed by atoms with Gasteiger partial charge in [-0.25, -0.2) is 8.78 Å². The van der Waals surface area contributed by atoms with Crippen LogP contribution in [0.4, 0.5) is 17.6 Å². The van der Waals surface area contributed by atoms with Crippen LogP contribution in [0.3, 0.4) is 0 Å². The van der Waals surface area contributed by atoms with Crippen molar-refractivity contribution in [3.05, 3.63) is 29.3 Å². The molecule has 0 heterocycles. The van der Waals surface area contributed by atoms with Gasteiger partial charge in [-0.05, 0) is 6.42 Å². The summed E-state index contributed by atoms with van der Waals surface area (Å²) in [5, 5.41) is 0. The van der Waals surface area contributed by atoms with Crippen LogP contribution in [0.2, 0.25) is 0 Å². The summed E-state index contributed by atoms with van der Waals surface area (Å²) in [7, 11) is 0. The molecule has 0 radical (unpaired) electrons. The molecule has 0 spiro atoms. The van der Waals surface area contributed by atoms with Gasteiger partial charge in [0.2, 0.25) is 11.6 Å². The van der Waals surface area contributed by atoms with Crippen LogP contribution in [-0.4, -0.2) is 6.61 Å². The summed E-state index contributed by atoms with van der Waals surface area (Å²) >= 11 is 0. The quantitative estimate of drug-likeness (QED) is 0.131. The van der Waals surface area contributed by atoms with Gasteiger partial charge in [0.15, 0.2) is 17.4 Å². The summed E-state index contributed by atoms with van der Waals surface area (Å²) in [6, 6.07) is 0.187. The topological polar surface area (TPSA) is 9.23 Å². The van der Waals surface area contributed by atoms with Crippen molar-refractivity contribution < 1.29 is 22.3 Å². The fourth-order valence-corrected chi connectivity index (χ4v) is 3.50. The van der Waals surface area contributed by atoms with Crippen molar-refractivity contribution in [2.75, 3.05) is 6.61 Å². The van der Waals surface area contributed by atoms with E-state index in [9.17, 15) is 17.6 Å². The van der Waals surface area contributed by atoms with E-state index in [0.717, 1.165) is 19.3 Å². The van der Waals surface area contributed by atoms with Gasteiger partial charge in [-0.1, -0.05) is 103 Å². The predicted molar refractivity (Wildman–Crippen MR) is 111 cm³/mol. The van der Waals surface area contributed by atoms with E-state index in [1.54, 1.807) is 0 Å². The molecule has 1 aromatic carbocycles. The van der Waals surface area contributed by atoms with E-state index >= 15 is 0 Å². The van der Waals surface area contributed by atoms with Gasteiger partial charge in [0.05, 0.1) is 6.61 Å². The van der Waals surface area contributed by atoms with Crippen LogP contribution in [-0.2, 0) is 0 Å². The lowest BCUT2D eigenvalue weighted by molar-refractivity contribution is 0.263. The molecule has 0 saturated carbocycles. The highest BCUT2D eigenvalue weighted by Gasteiger charge is 2.20. The van der Waals surface area contributed by atoms with Crippen molar-refractivity contribution in [2.45, 2.75) is 110 Å². The molecule has 1 aromatic rings. The third kappa shape index (κ3) is 11.5. The van der Waals surface area contributed by atoms with Crippen molar-refractivity contribution in [1.82, 2.24) is 0 Å². The standard InChI is InChI=1S/C24H38F4O/c1-2-3-4-5-6-7-8-9-10-11-12-13-14-15-16-17-18-29-24-22(27)20(25)19-21(26)23(24)28/h19H,2-18H2,1H3. The molecule has 0 N–H and O–H groups in total. The summed E-state index contributed by atoms with van der Waals surface area (Å²) in [6.07, 6.45) is 19.7. The molecule has 0 amide bonds. The fourth-order valence-electron chi connectivity index (χ4n) is 3.50. The minimum Gasteiger partial charge on any atom is -0.487 e. The second-order valence-electron chi connectivity index (χ2n) is 7.95. The lowest BCUT2D eigenvalue weighted by Gasteiger charge is -2.09. The lowest BCUT2D eigenvalue weighted by atomic mass is 10.0. The molecule has 0 atom stereocenters. The Morgan fingerprint density at radius 3 is 1.28 bits per heavy atom. The van der Waals surface area contributed by atoms with Gasteiger partial charge in [-0.15, -0.1) is 0 Å². The molecule has 168 valence electrons. The first-order valence-electron chi connectivity index (χ1n) is 11.5. The zero-order chi connectivity index (χ0) is 21.3. The number of unbranched alkanes of at least 4 members (excludes halogenated alkanes) is 15. The van der Waals surface area contributed by atoms with Gasteiger partial charge in [0, 0.05) is 6.07 Å². The van der Waals surface area contributed by atoms with E-state index in [2.05, 4.69) is 6.92 Å². The maximum absolute atomic E-state index is 13.4. The number of ether oxygens (including phenoxy) is 1. The molecule has 0 bridgehead atoms. The average molecular weight is 419 g/mol. The summed E-state index contributed by atoms with van der Waals surface area (Å²) in [6.45, 7) is 2.30. The Kier molecular flexibility index (Phi) is 14.7. The van der Waals surface area contributed by atoms with Crippen molar-refractivity contribution >= 4 is 0 Å². The zero-order valence-corrected chi connectivity index (χ0v) is 18.0. The minimum atomic E-state index is -1.47. The van der Waals surface area contributed by atoms with Gasteiger partial charge < -0.3 is 4.74 Å². The average Bonchev–Trinajstić information content (AvgIpc) is 2.71. The molecular weight excluding hydrogens is 380 g/mol. The first-order chi connectivity index (χ1) is 14.1. The van der Waals surface area contributed by atoms with Crippen LogP contribution in [0.1, 0.15) is 110 Å². The van der Waals surface area contributed by atoms with Crippen LogP contribution in [0, 0.1) is 23.3 Å². The Hall–Kier alpha value is -1.26. The zero-order valence-electron chi connectivity index (χ0n) is 18.0. The van der Waals surface area contributed by atoms with Crippen molar-refractivity contribution in [3.63, 3.8) is 0 Å². The van der Waals surface area contributed by atoms with Crippen LogP contribution in [0.5, 0.6) is 5.75 Å². The molecule has 0 unspecified atom stereocenters. The number of hydrogen-bond acceptors (Lipinski definition) is 1. The molecule has 0 fully saturated rings.